The van der Waals surface area contributed by atoms with Gasteiger partial charge in [-0.1, -0.05) is 18.3 Å². The van der Waals surface area contributed by atoms with E-state index in [0.29, 0.717) is 18.5 Å². The van der Waals surface area contributed by atoms with E-state index in [1.54, 1.807) is 12.3 Å². The molecule has 2 aromatic heterocycles. The zero-order chi connectivity index (χ0) is 26.5. The molecule has 37 heavy (non-hydrogen) atoms. The molecule has 0 radical (unpaired) electrons. The minimum absolute atomic E-state index is 0.00682. The highest BCUT2D eigenvalue weighted by molar-refractivity contribution is 7.19. The topological polar surface area (TPSA) is 157 Å². The lowest BCUT2D eigenvalue weighted by atomic mass is 9.74. The maximum absolute atomic E-state index is 14.9. The number of pyridine rings is 1. The summed E-state index contributed by atoms with van der Waals surface area (Å²) >= 11 is 0.780. The maximum atomic E-state index is 14.9. The van der Waals surface area contributed by atoms with Crippen molar-refractivity contribution in [3.8, 4) is 10.6 Å². The van der Waals surface area contributed by atoms with Crippen molar-refractivity contribution in [1.29, 1.82) is 0 Å². The molecule has 3 aromatic rings. The van der Waals surface area contributed by atoms with Crippen LogP contribution in [0, 0.1) is 17.6 Å². The number of amides is 1. The first-order chi connectivity index (χ1) is 17.6. The zero-order valence-electron chi connectivity index (χ0n) is 19.9. The molecule has 0 bridgehead atoms. The Kier molecular flexibility index (Phi) is 6.71. The van der Waals surface area contributed by atoms with Crippen molar-refractivity contribution < 1.29 is 28.5 Å². The second-order valence-electron chi connectivity index (χ2n) is 9.79. The van der Waals surface area contributed by atoms with Crippen molar-refractivity contribution in [2.45, 2.75) is 43.4 Å². The molecule has 7 N–H and O–H groups in total. The van der Waals surface area contributed by atoms with Crippen LogP contribution in [0.1, 0.15) is 47.3 Å². The first kappa shape index (κ1) is 25.6. The number of nitrogens with two attached hydrogens (primary N) is 2. The van der Waals surface area contributed by atoms with E-state index in [-0.39, 0.29) is 46.3 Å². The van der Waals surface area contributed by atoms with Gasteiger partial charge in [0.25, 0.3) is 5.91 Å². The largest absolute Gasteiger partial charge is 0.391 e. The third-order valence-corrected chi connectivity index (χ3v) is 8.02. The summed E-state index contributed by atoms with van der Waals surface area (Å²) in [5, 5.41) is 23.2. The molecule has 1 aromatic carbocycles. The summed E-state index contributed by atoms with van der Waals surface area (Å²) in [5.74, 6) is -2.55. The van der Waals surface area contributed by atoms with Gasteiger partial charge >= 0.3 is 0 Å². The highest BCUT2D eigenvalue weighted by Gasteiger charge is 2.39. The monoisotopic (exact) mass is 531 g/mol. The molecule has 2 fully saturated rings. The minimum Gasteiger partial charge on any atom is -0.391 e. The van der Waals surface area contributed by atoms with E-state index in [0.717, 1.165) is 29.0 Å². The number of carbonyl (C=O) groups is 1. The molecule has 1 aliphatic carbocycles. The van der Waals surface area contributed by atoms with Gasteiger partial charge in [-0.3, -0.25) is 9.78 Å². The highest BCUT2D eigenvalue weighted by Crippen LogP contribution is 2.40. The van der Waals surface area contributed by atoms with E-state index < -0.39 is 40.9 Å². The second kappa shape index (κ2) is 9.69. The number of thiazole rings is 1. The number of hydrogen-bond acceptors (Lipinski definition) is 9. The SMILES string of the molecule is CC1CC(c2ccncc2NC(=O)c2nc(-c3c(F)cc(C4(O)COC4)cc3F)sc2N)CC(N)C1O. The Bertz CT molecular complexity index is 1310. The van der Waals surface area contributed by atoms with E-state index in [4.69, 9.17) is 16.2 Å². The summed E-state index contributed by atoms with van der Waals surface area (Å²) in [4.78, 5) is 21.4. The molecule has 3 heterocycles. The van der Waals surface area contributed by atoms with Crippen LogP contribution in [0.25, 0.3) is 10.6 Å². The van der Waals surface area contributed by atoms with Crippen LogP contribution in [-0.4, -0.2) is 51.4 Å². The first-order valence-corrected chi connectivity index (χ1v) is 12.6. The van der Waals surface area contributed by atoms with Gasteiger partial charge in [0.05, 0.1) is 36.8 Å². The van der Waals surface area contributed by atoms with Crippen LogP contribution in [0.4, 0.5) is 19.5 Å². The predicted molar refractivity (Wildman–Crippen MR) is 134 cm³/mol. The number of rotatable bonds is 5. The summed E-state index contributed by atoms with van der Waals surface area (Å²) in [7, 11) is 0. The molecule has 1 aliphatic heterocycles. The molecule has 1 saturated heterocycles. The lowest BCUT2D eigenvalue weighted by Crippen LogP contribution is -2.46. The fourth-order valence-electron chi connectivity index (χ4n) is 4.99. The van der Waals surface area contributed by atoms with Crippen molar-refractivity contribution >= 4 is 27.9 Å². The van der Waals surface area contributed by atoms with Gasteiger partial charge in [-0.2, -0.15) is 0 Å². The number of carbonyl (C=O) groups excluding carboxylic acids is 1. The molecular weight excluding hydrogens is 504 g/mol. The quantitative estimate of drug-likeness (QED) is 0.336. The van der Waals surface area contributed by atoms with Gasteiger partial charge in [0.1, 0.15) is 27.2 Å². The minimum atomic E-state index is -1.44. The molecule has 4 atom stereocenters. The zero-order valence-corrected chi connectivity index (χ0v) is 20.8. The Morgan fingerprint density at radius 2 is 1.97 bits per heavy atom. The van der Waals surface area contributed by atoms with Crippen molar-refractivity contribution in [2.24, 2.45) is 11.7 Å². The predicted octanol–water partition coefficient (Wildman–Crippen LogP) is 2.74. The number of halogens is 2. The molecule has 1 amide bonds. The Labute approximate surface area is 215 Å². The van der Waals surface area contributed by atoms with Crippen LogP contribution in [0.2, 0.25) is 0 Å². The molecule has 196 valence electrons. The maximum Gasteiger partial charge on any atom is 0.277 e. The van der Waals surface area contributed by atoms with Crippen molar-refractivity contribution in [3.63, 3.8) is 0 Å². The van der Waals surface area contributed by atoms with Crippen molar-refractivity contribution in [2.75, 3.05) is 24.3 Å². The van der Waals surface area contributed by atoms with Crippen LogP contribution in [0.15, 0.2) is 30.6 Å². The second-order valence-corrected chi connectivity index (χ2v) is 10.8. The Morgan fingerprint density at radius 1 is 1.27 bits per heavy atom. The summed E-state index contributed by atoms with van der Waals surface area (Å²) in [6, 6.07) is 3.47. The Balaban J connectivity index is 1.40. The number of ether oxygens (including phenoxy) is 1. The molecule has 2 aliphatic rings. The Hall–Kier alpha value is -3.03. The first-order valence-electron chi connectivity index (χ1n) is 11.8. The van der Waals surface area contributed by atoms with Crippen LogP contribution in [0.5, 0.6) is 0 Å². The molecular formula is C25H27F2N5O4S. The molecule has 9 nitrogen and oxygen atoms in total. The van der Waals surface area contributed by atoms with Gasteiger partial charge in [0, 0.05) is 12.2 Å². The fraction of sp³-hybridized carbons (Fsp3) is 0.400. The van der Waals surface area contributed by atoms with Gasteiger partial charge in [-0.25, -0.2) is 13.8 Å². The van der Waals surface area contributed by atoms with Crippen molar-refractivity contribution in [1.82, 2.24) is 9.97 Å². The molecule has 0 spiro atoms. The number of nitrogen functional groups attached to an aromatic ring is 1. The average molecular weight is 532 g/mol. The normalized spacial score (nSPS) is 24.9. The number of anilines is 2. The van der Waals surface area contributed by atoms with Gasteiger partial charge in [0.15, 0.2) is 5.69 Å². The lowest BCUT2D eigenvalue weighted by Gasteiger charge is -2.36. The van der Waals surface area contributed by atoms with E-state index in [2.05, 4.69) is 15.3 Å². The van der Waals surface area contributed by atoms with E-state index in [9.17, 15) is 23.8 Å². The van der Waals surface area contributed by atoms with Crippen LogP contribution in [-0.2, 0) is 10.3 Å². The number of nitrogens with zero attached hydrogens (tertiary/aromatic N) is 2. The Morgan fingerprint density at radius 3 is 2.59 bits per heavy atom. The fourth-order valence-corrected chi connectivity index (χ4v) is 5.86. The molecule has 4 unspecified atom stereocenters. The third-order valence-electron chi connectivity index (χ3n) is 7.12. The number of benzene rings is 1. The van der Waals surface area contributed by atoms with Crippen LogP contribution < -0.4 is 16.8 Å². The number of aromatic nitrogens is 2. The summed E-state index contributed by atoms with van der Waals surface area (Å²) in [6.07, 6.45) is 3.75. The number of hydrogen-bond donors (Lipinski definition) is 5. The number of aliphatic hydroxyl groups is 2. The highest BCUT2D eigenvalue weighted by atomic mass is 32.1. The van der Waals surface area contributed by atoms with Crippen LogP contribution >= 0.6 is 11.3 Å². The summed E-state index contributed by atoms with van der Waals surface area (Å²) in [5.41, 5.74) is 11.4. The van der Waals surface area contributed by atoms with E-state index >= 15 is 0 Å². The van der Waals surface area contributed by atoms with Gasteiger partial charge in [-0.05, 0) is 54.0 Å². The number of nitrogens with one attached hydrogen (secondary N) is 1. The van der Waals surface area contributed by atoms with Crippen LogP contribution in [0.3, 0.4) is 0 Å². The summed E-state index contributed by atoms with van der Waals surface area (Å²) < 4.78 is 34.8. The smallest absolute Gasteiger partial charge is 0.277 e. The average Bonchev–Trinajstić information content (AvgIpc) is 3.21. The standard InChI is InChI=1S/C25H27F2N5O4S/c1-11-4-12(5-17(28)21(11)33)14-2-3-30-8-18(14)31-23(34)20-22(29)37-24(32-20)19-15(26)6-13(7-16(19)27)25(35)9-36-10-25/h2-3,6-8,11-12,17,21,33,35H,4-5,9-10,28-29H2,1H3,(H,31,34). The van der Waals surface area contributed by atoms with Gasteiger partial charge in [0.2, 0.25) is 0 Å². The van der Waals surface area contributed by atoms with E-state index in [1.807, 2.05) is 6.92 Å². The van der Waals surface area contributed by atoms with Gasteiger partial charge in [-0.15, -0.1) is 0 Å². The summed E-state index contributed by atoms with van der Waals surface area (Å²) in [6.45, 7) is 1.82. The lowest BCUT2D eigenvalue weighted by molar-refractivity contribution is -0.184. The third kappa shape index (κ3) is 4.71. The molecule has 12 heteroatoms. The van der Waals surface area contributed by atoms with Gasteiger partial charge < -0.3 is 31.7 Å². The number of aliphatic hydroxyl groups excluding tert-OH is 1. The van der Waals surface area contributed by atoms with E-state index in [1.165, 1.54) is 6.20 Å². The van der Waals surface area contributed by atoms with Crippen molar-refractivity contribution in [3.05, 3.63) is 59.0 Å². The molecule has 5 rings (SSSR count). The molecule has 1 saturated carbocycles.